The van der Waals surface area contributed by atoms with Gasteiger partial charge in [-0.3, -0.25) is 0 Å². The summed E-state index contributed by atoms with van der Waals surface area (Å²) in [7, 11) is 0. The summed E-state index contributed by atoms with van der Waals surface area (Å²) in [5.74, 6) is 0. The molecule has 1 aliphatic rings. The van der Waals surface area contributed by atoms with E-state index in [0.29, 0.717) is 13.2 Å². The molecule has 0 aromatic carbocycles. The number of hydrogen-bond acceptors (Lipinski definition) is 5. The van der Waals surface area contributed by atoms with Crippen molar-refractivity contribution < 1.29 is 9.84 Å². The Balaban J connectivity index is 2.31. The normalized spacial score (nSPS) is 19.6. The highest BCUT2D eigenvalue weighted by Gasteiger charge is 2.35. The Labute approximate surface area is 99.5 Å². The Kier molecular flexibility index (Phi) is 3.78. The number of aliphatic hydroxyl groups excluding tert-OH is 1. The van der Waals surface area contributed by atoms with Crippen LogP contribution < -0.4 is 0 Å². The predicted molar refractivity (Wildman–Crippen MR) is 62.6 cm³/mol. The molecule has 5 heteroatoms. The molecule has 2 rings (SSSR count). The summed E-state index contributed by atoms with van der Waals surface area (Å²) in [4.78, 5) is 8.65. The van der Waals surface area contributed by atoms with Gasteiger partial charge in [-0.1, -0.05) is 11.8 Å². The average Bonchev–Trinajstić information content (AvgIpc) is 2.39. The highest BCUT2D eigenvalue weighted by atomic mass is 32.2. The summed E-state index contributed by atoms with van der Waals surface area (Å²) in [6.07, 6.45) is 5.37. The molecule has 1 aromatic heterocycles. The first-order valence-corrected chi connectivity index (χ1v) is 6.59. The van der Waals surface area contributed by atoms with Gasteiger partial charge >= 0.3 is 0 Å². The first kappa shape index (κ1) is 11.8. The number of aromatic nitrogens is 2. The summed E-state index contributed by atoms with van der Waals surface area (Å²) >= 11 is 1.52. The third kappa shape index (κ3) is 2.21. The van der Waals surface area contributed by atoms with E-state index in [-0.39, 0.29) is 12.0 Å². The molecule has 0 aliphatic carbocycles. The van der Waals surface area contributed by atoms with E-state index in [1.54, 1.807) is 6.20 Å². The summed E-state index contributed by atoms with van der Waals surface area (Å²) in [6.45, 7) is 1.51. The SMILES string of the molecule is CSc1nccc(C2(CO)CCOCC2)n1. The van der Waals surface area contributed by atoms with Crippen LogP contribution in [0, 0.1) is 0 Å². The molecular formula is C11H16N2O2S. The molecule has 4 nitrogen and oxygen atoms in total. The number of ether oxygens (including phenoxy) is 1. The van der Waals surface area contributed by atoms with E-state index in [9.17, 15) is 5.11 Å². The minimum Gasteiger partial charge on any atom is -0.395 e. The van der Waals surface area contributed by atoms with Crippen LogP contribution in [0.25, 0.3) is 0 Å². The molecule has 0 saturated carbocycles. The second-order valence-corrected chi connectivity index (χ2v) is 4.75. The van der Waals surface area contributed by atoms with Gasteiger partial charge in [0.05, 0.1) is 12.3 Å². The fourth-order valence-corrected chi connectivity index (χ4v) is 2.35. The van der Waals surface area contributed by atoms with Crippen molar-refractivity contribution in [2.75, 3.05) is 26.1 Å². The lowest BCUT2D eigenvalue weighted by atomic mass is 9.78. The van der Waals surface area contributed by atoms with Gasteiger partial charge in [-0.05, 0) is 25.2 Å². The lowest BCUT2D eigenvalue weighted by Crippen LogP contribution is -2.38. The van der Waals surface area contributed by atoms with Crippen LogP contribution in [-0.4, -0.2) is 41.2 Å². The van der Waals surface area contributed by atoms with E-state index in [0.717, 1.165) is 23.7 Å². The summed E-state index contributed by atoms with van der Waals surface area (Å²) < 4.78 is 5.34. The van der Waals surface area contributed by atoms with Crippen molar-refractivity contribution in [1.82, 2.24) is 9.97 Å². The predicted octanol–water partition coefficient (Wildman–Crippen LogP) is 1.24. The molecule has 0 amide bonds. The Hall–Kier alpha value is -0.650. The van der Waals surface area contributed by atoms with E-state index in [1.807, 2.05) is 12.3 Å². The Morgan fingerprint density at radius 1 is 1.50 bits per heavy atom. The number of rotatable bonds is 3. The highest BCUT2D eigenvalue weighted by molar-refractivity contribution is 7.98. The minimum atomic E-state index is -0.230. The zero-order valence-corrected chi connectivity index (χ0v) is 10.2. The van der Waals surface area contributed by atoms with E-state index in [2.05, 4.69) is 9.97 Å². The Morgan fingerprint density at radius 3 is 2.88 bits per heavy atom. The molecule has 1 aromatic rings. The minimum absolute atomic E-state index is 0.126. The zero-order valence-electron chi connectivity index (χ0n) is 9.35. The highest BCUT2D eigenvalue weighted by Crippen LogP contribution is 2.33. The van der Waals surface area contributed by atoms with Crippen molar-refractivity contribution in [3.05, 3.63) is 18.0 Å². The third-order valence-electron chi connectivity index (χ3n) is 3.11. The molecule has 0 spiro atoms. The second-order valence-electron chi connectivity index (χ2n) is 3.98. The van der Waals surface area contributed by atoms with Crippen LogP contribution >= 0.6 is 11.8 Å². The molecule has 1 aliphatic heterocycles. The molecular weight excluding hydrogens is 224 g/mol. The van der Waals surface area contributed by atoms with Crippen LogP contribution in [0.15, 0.2) is 17.4 Å². The van der Waals surface area contributed by atoms with Crippen LogP contribution in [0.4, 0.5) is 0 Å². The number of thioether (sulfide) groups is 1. The van der Waals surface area contributed by atoms with Gasteiger partial charge in [0, 0.05) is 24.8 Å². The van der Waals surface area contributed by atoms with E-state index >= 15 is 0 Å². The first-order valence-electron chi connectivity index (χ1n) is 5.37. The van der Waals surface area contributed by atoms with Gasteiger partial charge < -0.3 is 9.84 Å². The van der Waals surface area contributed by atoms with Gasteiger partial charge in [-0.15, -0.1) is 0 Å². The fraction of sp³-hybridized carbons (Fsp3) is 0.636. The monoisotopic (exact) mass is 240 g/mol. The van der Waals surface area contributed by atoms with Crippen molar-refractivity contribution in [3.63, 3.8) is 0 Å². The van der Waals surface area contributed by atoms with Crippen molar-refractivity contribution in [3.8, 4) is 0 Å². The van der Waals surface area contributed by atoms with Crippen molar-refractivity contribution in [2.24, 2.45) is 0 Å². The maximum absolute atomic E-state index is 9.64. The maximum Gasteiger partial charge on any atom is 0.187 e. The van der Waals surface area contributed by atoms with E-state index in [4.69, 9.17) is 4.74 Å². The Bertz CT molecular complexity index is 354. The van der Waals surface area contributed by atoms with Crippen molar-refractivity contribution >= 4 is 11.8 Å². The number of nitrogens with zero attached hydrogens (tertiary/aromatic N) is 2. The largest absolute Gasteiger partial charge is 0.395 e. The molecule has 0 unspecified atom stereocenters. The molecule has 1 saturated heterocycles. The average molecular weight is 240 g/mol. The van der Waals surface area contributed by atoms with Crippen LogP contribution in [-0.2, 0) is 10.2 Å². The molecule has 16 heavy (non-hydrogen) atoms. The molecule has 88 valence electrons. The van der Waals surface area contributed by atoms with Gasteiger partial charge in [-0.2, -0.15) is 0 Å². The van der Waals surface area contributed by atoms with Crippen molar-refractivity contribution in [1.29, 1.82) is 0 Å². The lowest BCUT2D eigenvalue weighted by molar-refractivity contribution is 0.0232. The van der Waals surface area contributed by atoms with Gasteiger partial charge in [-0.25, -0.2) is 9.97 Å². The van der Waals surface area contributed by atoms with E-state index in [1.165, 1.54) is 11.8 Å². The summed E-state index contributed by atoms with van der Waals surface area (Å²) in [5.41, 5.74) is 0.712. The summed E-state index contributed by atoms with van der Waals surface area (Å²) in [5, 5.41) is 10.4. The smallest absolute Gasteiger partial charge is 0.187 e. The molecule has 0 radical (unpaired) electrons. The van der Waals surface area contributed by atoms with Crippen molar-refractivity contribution in [2.45, 2.75) is 23.4 Å². The van der Waals surface area contributed by atoms with Gasteiger partial charge in [0.2, 0.25) is 0 Å². The third-order valence-corrected chi connectivity index (χ3v) is 3.67. The molecule has 0 bridgehead atoms. The van der Waals surface area contributed by atoms with Crippen LogP contribution in [0.3, 0.4) is 0 Å². The maximum atomic E-state index is 9.64. The van der Waals surface area contributed by atoms with Crippen LogP contribution in [0.5, 0.6) is 0 Å². The zero-order chi connectivity index (χ0) is 11.4. The molecule has 2 heterocycles. The molecule has 1 N–H and O–H groups in total. The lowest BCUT2D eigenvalue weighted by Gasteiger charge is -2.34. The van der Waals surface area contributed by atoms with Gasteiger partial charge in [0.1, 0.15) is 0 Å². The fourth-order valence-electron chi connectivity index (χ4n) is 1.99. The first-order chi connectivity index (χ1) is 7.80. The quantitative estimate of drug-likeness (QED) is 0.636. The topological polar surface area (TPSA) is 55.2 Å². The molecule has 0 atom stereocenters. The standard InChI is InChI=1S/C11H16N2O2S/c1-16-10-12-5-2-9(13-10)11(8-14)3-6-15-7-4-11/h2,5,14H,3-4,6-8H2,1H3. The van der Waals surface area contributed by atoms with E-state index < -0.39 is 0 Å². The van der Waals surface area contributed by atoms with Crippen LogP contribution in [0.2, 0.25) is 0 Å². The Morgan fingerprint density at radius 2 is 2.25 bits per heavy atom. The second kappa shape index (κ2) is 5.12. The van der Waals surface area contributed by atoms with Gasteiger partial charge in [0.25, 0.3) is 0 Å². The number of aliphatic hydroxyl groups is 1. The van der Waals surface area contributed by atoms with Gasteiger partial charge in [0.15, 0.2) is 5.16 Å². The summed E-state index contributed by atoms with van der Waals surface area (Å²) in [6, 6.07) is 1.90. The molecule has 1 fully saturated rings. The van der Waals surface area contributed by atoms with Crippen LogP contribution in [0.1, 0.15) is 18.5 Å². The number of hydrogen-bond donors (Lipinski definition) is 1.